The molecule has 0 fully saturated rings. The highest BCUT2D eigenvalue weighted by Gasteiger charge is 2.14. The molecule has 2 aromatic heterocycles. The molecule has 0 spiro atoms. The van der Waals surface area contributed by atoms with Crippen molar-refractivity contribution >= 4 is 22.5 Å². The molecule has 0 radical (unpaired) electrons. The molecule has 20 heavy (non-hydrogen) atoms. The maximum Gasteiger partial charge on any atom is 0.255 e. The van der Waals surface area contributed by atoms with Crippen LogP contribution >= 0.6 is 11.6 Å². The monoisotopic (exact) mass is 287 g/mol. The average Bonchev–Trinajstić information content (AvgIpc) is 2.85. The number of benzene rings is 1. The quantitative estimate of drug-likeness (QED) is 0.693. The van der Waals surface area contributed by atoms with E-state index in [1.165, 1.54) is 0 Å². The van der Waals surface area contributed by atoms with E-state index < -0.39 is 0 Å². The highest BCUT2D eigenvalue weighted by Crippen LogP contribution is 2.34. The minimum Gasteiger partial charge on any atom is -0.361 e. The second-order valence-corrected chi connectivity index (χ2v) is 4.99. The molecular formula is C15H14ClN3O. The van der Waals surface area contributed by atoms with Crippen LogP contribution in [0.3, 0.4) is 0 Å². The highest BCUT2D eigenvalue weighted by atomic mass is 35.5. The number of H-pyrrole nitrogens is 2. The van der Waals surface area contributed by atoms with Gasteiger partial charge >= 0.3 is 0 Å². The molecule has 0 saturated carbocycles. The first-order chi connectivity index (χ1) is 9.72. The van der Waals surface area contributed by atoms with Gasteiger partial charge in [0.25, 0.3) is 5.56 Å². The maximum absolute atomic E-state index is 11.9. The molecule has 0 aliphatic heterocycles. The summed E-state index contributed by atoms with van der Waals surface area (Å²) in [5.41, 5.74) is 8.80. The number of fused-ring (bicyclic) bond motifs is 1. The third kappa shape index (κ3) is 2.03. The lowest BCUT2D eigenvalue weighted by Crippen LogP contribution is -2.07. The van der Waals surface area contributed by atoms with Crippen molar-refractivity contribution in [3.63, 3.8) is 0 Å². The van der Waals surface area contributed by atoms with E-state index in [9.17, 15) is 4.79 Å². The lowest BCUT2D eigenvalue weighted by Gasteiger charge is -2.06. The Hall–Kier alpha value is -2.04. The zero-order chi connectivity index (χ0) is 14.1. The summed E-state index contributed by atoms with van der Waals surface area (Å²) in [5.74, 6) is 0. The van der Waals surface area contributed by atoms with Crippen LogP contribution < -0.4 is 11.3 Å². The van der Waals surface area contributed by atoms with E-state index in [0.29, 0.717) is 17.1 Å². The molecule has 1 aromatic carbocycles. The summed E-state index contributed by atoms with van der Waals surface area (Å²) in [7, 11) is 0. The topological polar surface area (TPSA) is 74.7 Å². The molecule has 0 amide bonds. The minimum absolute atomic E-state index is 0.148. The Bertz CT molecular complexity index is 819. The number of hydrogen-bond donors (Lipinski definition) is 3. The Morgan fingerprint density at radius 2 is 2.00 bits per heavy atom. The van der Waals surface area contributed by atoms with Crippen molar-refractivity contribution in [3.05, 3.63) is 57.6 Å². The van der Waals surface area contributed by atoms with Crippen molar-refractivity contribution in [2.24, 2.45) is 5.73 Å². The van der Waals surface area contributed by atoms with Crippen molar-refractivity contribution in [2.45, 2.75) is 6.42 Å². The van der Waals surface area contributed by atoms with Crippen molar-refractivity contribution in [1.82, 2.24) is 9.97 Å². The van der Waals surface area contributed by atoms with E-state index in [-0.39, 0.29) is 5.56 Å². The van der Waals surface area contributed by atoms with Crippen LogP contribution in [0.25, 0.3) is 22.0 Å². The highest BCUT2D eigenvalue weighted by molar-refractivity contribution is 6.38. The van der Waals surface area contributed by atoms with Gasteiger partial charge in [0.15, 0.2) is 0 Å². The molecule has 0 saturated heterocycles. The van der Waals surface area contributed by atoms with E-state index >= 15 is 0 Å². The van der Waals surface area contributed by atoms with Crippen molar-refractivity contribution < 1.29 is 0 Å². The van der Waals surface area contributed by atoms with Gasteiger partial charge in [-0.1, -0.05) is 17.7 Å². The van der Waals surface area contributed by atoms with Crippen molar-refractivity contribution in [3.8, 4) is 11.1 Å². The fourth-order valence-electron chi connectivity index (χ4n) is 2.44. The zero-order valence-electron chi connectivity index (χ0n) is 10.7. The summed E-state index contributed by atoms with van der Waals surface area (Å²) >= 11 is 6.52. The predicted molar refractivity (Wildman–Crippen MR) is 82.1 cm³/mol. The molecule has 4 N–H and O–H groups in total. The first-order valence-corrected chi connectivity index (χ1v) is 6.76. The van der Waals surface area contributed by atoms with Crippen LogP contribution in [0.5, 0.6) is 0 Å². The zero-order valence-corrected chi connectivity index (χ0v) is 11.5. The van der Waals surface area contributed by atoms with Crippen LogP contribution in [0, 0.1) is 0 Å². The molecule has 3 rings (SSSR count). The SMILES string of the molecule is NCCc1c[nH]c2ccc(-c3ccc[nH]c3=O)c(Cl)c12. The third-order valence-corrected chi connectivity index (χ3v) is 3.78. The van der Waals surface area contributed by atoms with Crippen molar-refractivity contribution in [2.75, 3.05) is 6.54 Å². The first-order valence-electron chi connectivity index (χ1n) is 6.39. The summed E-state index contributed by atoms with van der Waals surface area (Å²) in [6.07, 6.45) is 4.27. The normalized spacial score (nSPS) is 11.1. The largest absolute Gasteiger partial charge is 0.361 e. The van der Waals surface area contributed by atoms with Gasteiger partial charge in [0.1, 0.15) is 0 Å². The molecule has 2 heterocycles. The van der Waals surface area contributed by atoms with E-state index in [0.717, 1.165) is 28.5 Å². The smallest absolute Gasteiger partial charge is 0.255 e. The van der Waals surface area contributed by atoms with Crippen LogP contribution in [-0.2, 0) is 6.42 Å². The Morgan fingerprint density at radius 3 is 2.75 bits per heavy atom. The number of nitrogens with two attached hydrogens (primary N) is 1. The number of halogens is 1. The molecule has 4 nitrogen and oxygen atoms in total. The summed E-state index contributed by atoms with van der Waals surface area (Å²) in [4.78, 5) is 17.8. The number of rotatable bonds is 3. The van der Waals surface area contributed by atoms with Crippen LogP contribution in [0.15, 0.2) is 41.5 Å². The van der Waals surface area contributed by atoms with Crippen LogP contribution in [0.1, 0.15) is 5.56 Å². The molecule has 5 heteroatoms. The van der Waals surface area contributed by atoms with Gasteiger partial charge in [-0.3, -0.25) is 4.79 Å². The number of hydrogen-bond acceptors (Lipinski definition) is 2. The fraction of sp³-hybridized carbons (Fsp3) is 0.133. The van der Waals surface area contributed by atoms with Gasteiger partial charge in [-0.2, -0.15) is 0 Å². The Labute approximate surface area is 120 Å². The molecular weight excluding hydrogens is 274 g/mol. The molecule has 0 aliphatic rings. The van der Waals surface area contributed by atoms with E-state index in [1.807, 2.05) is 18.3 Å². The number of pyridine rings is 1. The third-order valence-electron chi connectivity index (χ3n) is 3.39. The Kier molecular flexibility index (Phi) is 3.34. The summed E-state index contributed by atoms with van der Waals surface area (Å²) in [6, 6.07) is 7.34. The Balaban J connectivity index is 2.28. The summed E-state index contributed by atoms with van der Waals surface area (Å²) in [5, 5.41) is 1.53. The van der Waals surface area contributed by atoms with Gasteiger partial charge in [-0.15, -0.1) is 0 Å². The molecule has 0 bridgehead atoms. The van der Waals surface area contributed by atoms with Crippen LogP contribution in [0.2, 0.25) is 5.02 Å². The van der Waals surface area contributed by atoms with Gasteiger partial charge in [0, 0.05) is 34.4 Å². The standard InChI is InChI=1S/C15H14ClN3O/c16-14-10(11-2-1-7-18-15(11)20)3-4-12-13(14)9(5-6-17)8-19-12/h1-4,7-8,19H,5-6,17H2,(H,18,20). The molecule has 0 atom stereocenters. The number of nitrogens with one attached hydrogen (secondary N) is 2. The maximum atomic E-state index is 11.9. The lowest BCUT2D eigenvalue weighted by molar-refractivity contribution is 0.976. The van der Waals surface area contributed by atoms with Gasteiger partial charge in [-0.05, 0) is 36.7 Å². The second-order valence-electron chi connectivity index (χ2n) is 4.62. The summed E-state index contributed by atoms with van der Waals surface area (Å²) in [6.45, 7) is 0.555. The fourth-order valence-corrected chi connectivity index (χ4v) is 2.83. The minimum atomic E-state index is -0.148. The van der Waals surface area contributed by atoms with Crippen molar-refractivity contribution in [1.29, 1.82) is 0 Å². The first kappa shape index (κ1) is 13.0. The molecule has 0 aliphatic carbocycles. The molecule has 3 aromatic rings. The summed E-state index contributed by atoms with van der Waals surface area (Å²) < 4.78 is 0. The van der Waals surface area contributed by atoms with Gasteiger partial charge < -0.3 is 15.7 Å². The Morgan fingerprint density at radius 1 is 1.15 bits per heavy atom. The van der Waals surface area contributed by atoms with Gasteiger partial charge in [0.05, 0.1) is 5.02 Å². The van der Waals surface area contributed by atoms with E-state index in [2.05, 4.69) is 9.97 Å². The van der Waals surface area contributed by atoms with Crippen LogP contribution in [-0.4, -0.2) is 16.5 Å². The molecule has 102 valence electrons. The van der Waals surface area contributed by atoms with Gasteiger partial charge in [0.2, 0.25) is 0 Å². The van der Waals surface area contributed by atoms with E-state index in [4.69, 9.17) is 17.3 Å². The number of aromatic nitrogens is 2. The van der Waals surface area contributed by atoms with E-state index in [1.54, 1.807) is 18.3 Å². The molecule has 0 unspecified atom stereocenters. The van der Waals surface area contributed by atoms with Crippen LogP contribution in [0.4, 0.5) is 0 Å². The predicted octanol–water partition coefficient (Wildman–Crippen LogP) is 2.68. The number of aromatic amines is 2. The average molecular weight is 288 g/mol. The van der Waals surface area contributed by atoms with Gasteiger partial charge in [-0.25, -0.2) is 0 Å². The lowest BCUT2D eigenvalue weighted by atomic mass is 10.0. The second kappa shape index (κ2) is 5.15.